The topological polar surface area (TPSA) is 142 Å². The van der Waals surface area contributed by atoms with E-state index in [4.69, 9.17) is 21.1 Å². The molecule has 1 amide bonds. The normalized spacial score (nSPS) is 13.4. The minimum absolute atomic E-state index is 0.00467. The Bertz CT molecular complexity index is 1210. The number of amides is 1. The molecule has 176 valence electrons. The van der Waals surface area contributed by atoms with E-state index in [1.54, 1.807) is 12.1 Å². The van der Waals surface area contributed by atoms with E-state index in [-0.39, 0.29) is 11.3 Å². The molecule has 1 saturated heterocycles. The van der Waals surface area contributed by atoms with Crippen LogP contribution in [0.25, 0.3) is 5.69 Å². The number of hydrogen-bond acceptors (Lipinski definition) is 9. The monoisotopic (exact) mass is 486 g/mol. The number of nitro groups is 1. The molecule has 2 aromatic carbocycles. The molecule has 0 saturated carbocycles. The number of carbonyl (C=O) groups excluding carboxylic acids is 2. The Morgan fingerprint density at radius 2 is 1.94 bits per heavy atom. The van der Waals surface area contributed by atoms with Gasteiger partial charge in [-0.25, -0.2) is 14.5 Å². The number of non-ortho nitro benzene ring substituents is 1. The molecule has 0 unspecified atom stereocenters. The molecule has 34 heavy (non-hydrogen) atoms. The molecule has 13 heteroatoms. The molecule has 1 fully saturated rings. The summed E-state index contributed by atoms with van der Waals surface area (Å²) in [4.78, 5) is 41.7. The van der Waals surface area contributed by atoms with Gasteiger partial charge in [-0.05, 0) is 24.3 Å². The standard InChI is InChI=1S/C21H19ClN6O6/c22-14-1-3-19(27-13-23-12-24-27)17(9-14)25-20(29)11-34-21(30)16-10-15(28(31)32)2-4-18(16)26-5-7-33-8-6-26/h1-4,9-10,12-13H,5-8,11H2,(H,25,29). The quantitative estimate of drug-likeness (QED) is 0.302. The summed E-state index contributed by atoms with van der Waals surface area (Å²) >= 11 is 6.05. The van der Waals surface area contributed by atoms with Gasteiger partial charge in [0, 0.05) is 30.2 Å². The first-order valence-corrected chi connectivity index (χ1v) is 10.5. The van der Waals surface area contributed by atoms with Gasteiger partial charge in [0.2, 0.25) is 0 Å². The largest absolute Gasteiger partial charge is 0.452 e. The molecule has 0 spiro atoms. The zero-order valence-electron chi connectivity index (χ0n) is 17.7. The van der Waals surface area contributed by atoms with Gasteiger partial charge in [0.05, 0.1) is 40.8 Å². The van der Waals surface area contributed by atoms with Gasteiger partial charge in [0.15, 0.2) is 6.61 Å². The third-order valence-electron chi connectivity index (χ3n) is 5.00. The number of rotatable bonds is 7. The Balaban J connectivity index is 1.49. The van der Waals surface area contributed by atoms with Crippen LogP contribution in [-0.2, 0) is 14.3 Å². The zero-order valence-corrected chi connectivity index (χ0v) is 18.5. The lowest BCUT2D eigenvalue weighted by molar-refractivity contribution is -0.384. The van der Waals surface area contributed by atoms with Gasteiger partial charge < -0.3 is 19.7 Å². The Labute approximate surface area is 198 Å². The minimum Gasteiger partial charge on any atom is -0.452 e. The number of benzene rings is 2. The van der Waals surface area contributed by atoms with E-state index in [1.165, 1.54) is 35.5 Å². The van der Waals surface area contributed by atoms with Crippen LogP contribution in [0.5, 0.6) is 0 Å². The van der Waals surface area contributed by atoms with Gasteiger partial charge in [-0.15, -0.1) is 0 Å². The molecular formula is C21H19ClN6O6. The molecule has 0 atom stereocenters. The number of nitrogens with one attached hydrogen (secondary N) is 1. The molecule has 0 radical (unpaired) electrons. The molecule has 12 nitrogen and oxygen atoms in total. The van der Waals surface area contributed by atoms with Gasteiger partial charge in [-0.3, -0.25) is 14.9 Å². The van der Waals surface area contributed by atoms with Crippen LogP contribution in [0.15, 0.2) is 49.1 Å². The van der Waals surface area contributed by atoms with E-state index < -0.39 is 23.4 Å². The fraction of sp³-hybridized carbons (Fsp3) is 0.238. The van der Waals surface area contributed by atoms with Crippen LogP contribution < -0.4 is 10.2 Å². The summed E-state index contributed by atoms with van der Waals surface area (Å²) in [5, 5.41) is 18.3. The molecule has 0 bridgehead atoms. The third-order valence-corrected chi connectivity index (χ3v) is 5.23. The highest BCUT2D eigenvalue weighted by atomic mass is 35.5. The number of nitro benzene ring substituents is 1. The van der Waals surface area contributed by atoms with Gasteiger partial charge in [0.25, 0.3) is 11.6 Å². The van der Waals surface area contributed by atoms with Crippen molar-refractivity contribution in [3.05, 3.63) is 69.8 Å². The molecule has 2 heterocycles. The van der Waals surface area contributed by atoms with Crippen LogP contribution >= 0.6 is 11.6 Å². The SMILES string of the molecule is O=C(COC(=O)c1cc([N+](=O)[O-])ccc1N1CCOCC1)Nc1cc(Cl)ccc1-n1cncn1. The first-order chi connectivity index (χ1) is 16.4. The van der Waals surface area contributed by atoms with Gasteiger partial charge in [-0.1, -0.05) is 11.6 Å². The maximum atomic E-state index is 12.8. The first kappa shape index (κ1) is 23.1. The molecule has 3 aromatic rings. The molecule has 1 aromatic heterocycles. The van der Waals surface area contributed by atoms with E-state index in [2.05, 4.69) is 15.4 Å². The highest BCUT2D eigenvalue weighted by molar-refractivity contribution is 6.31. The maximum absolute atomic E-state index is 12.8. The van der Waals surface area contributed by atoms with E-state index in [0.717, 1.165) is 6.07 Å². The van der Waals surface area contributed by atoms with E-state index in [1.807, 2.05) is 4.90 Å². The van der Waals surface area contributed by atoms with Crippen molar-refractivity contribution in [2.24, 2.45) is 0 Å². The van der Waals surface area contributed by atoms with Crippen molar-refractivity contribution < 1.29 is 24.0 Å². The average Bonchev–Trinajstić information content (AvgIpc) is 3.37. The molecule has 1 N–H and O–H groups in total. The smallest absolute Gasteiger partial charge is 0.341 e. The first-order valence-electron chi connectivity index (χ1n) is 10.1. The fourth-order valence-corrected chi connectivity index (χ4v) is 3.59. The van der Waals surface area contributed by atoms with Crippen molar-refractivity contribution in [1.29, 1.82) is 0 Å². The summed E-state index contributed by atoms with van der Waals surface area (Å²) in [6.45, 7) is 1.33. The molecule has 0 aliphatic carbocycles. The maximum Gasteiger partial charge on any atom is 0.341 e. The second-order valence-electron chi connectivity index (χ2n) is 7.18. The van der Waals surface area contributed by atoms with Crippen molar-refractivity contribution in [2.75, 3.05) is 43.1 Å². The van der Waals surface area contributed by atoms with Crippen molar-refractivity contribution in [3.8, 4) is 5.69 Å². The fourth-order valence-electron chi connectivity index (χ4n) is 3.42. The van der Waals surface area contributed by atoms with Crippen LogP contribution in [0, 0.1) is 10.1 Å². The number of carbonyl (C=O) groups is 2. The number of hydrogen-bond donors (Lipinski definition) is 1. The second kappa shape index (κ2) is 10.3. The van der Waals surface area contributed by atoms with Crippen LogP contribution in [0.1, 0.15) is 10.4 Å². The van der Waals surface area contributed by atoms with Crippen molar-refractivity contribution in [2.45, 2.75) is 0 Å². The lowest BCUT2D eigenvalue weighted by Gasteiger charge is -2.30. The van der Waals surface area contributed by atoms with Gasteiger partial charge in [-0.2, -0.15) is 5.10 Å². The highest BCUT2D eigenvalue weighted by Gasteiger charge is 2.24. The van der Waals surface area contributed by atoms with E-state index >= 15 is 0 Å². The number of halogens is 1. The van der Waals surface area contributed by atoms with E-state index in [9.17, 15) is 19.7 Å². The van der Waals surface area contributed by atoms with Crippen LogP contribution in [-0.4, -0.2) is 64.5 Å². The third kappa shape index (κ3) is 5.30. The summed E-state index contributed by atoms with van der Waals surface area (Å²) in [7, 11) is 0. The predicted octanol–water partition coefficient (Wildman–Crippen LogP) is 2.46. The lowest BCUT2D eigenvalue weighted by atomic mass is 10.1. The summed E-state index contributed by atoms with van der Waals surface area (Å²) in [5.74, 6) is -1.49. The second-order valence-corrected chi connectivity index (χ2v) is 7.62. The van der Waals surface area contributed by atoms with Crippen molar-refractivity contribution in [3.63, 3.8) is 0 Å². The Kier molecular flexibility index (Phi) is 6.99. The van der Waals surface area contributed by atoms with Crippen molar-refractivity contribution in [1.82, 2.24) is 14.8 Å². The Morgan fingerprint density at radius 1 is 1.18 bits per heavy atom. The van der Waals surface area contributed by atoms with Gasteiger partial charge >= 0.3 is 5.97 Å². The van der Waals surface area contributed by atoms with Crippen LogP contribution in [0.4, 0.5) is 17.1 Å². The predicted molar refractivity (Wildman–Crippen MR) is 121 cm³/mol. The van der Waals surface area contributed by atoms with Crippen molar-refractivity contribution >= 4 is 40.5 Å². The molecule has 1 aliphatic rings. The molecule has 4 rings (SSSR count). The summed E-state index contributed by atoms with van der Waals surface area (Å²) in [6.07, 6.45) is 2.79. The summed E-state index contributed by atoms with van der Waals surface area (Å²) < 4.78 is 12.0. The lowest BCUT2D eigenvalue weighted by Crippen LogP contribution is -2.37. The molecular weight excluding hydrogens is 468 g/mol. The number of nitrogens with zero attached hydrogens (tertiary/aromatic N) is 5. The number of ether oxygens (including phenoxy) is 2. The Hall–Kier alpha value is -4.03. The Morgan fingerprint density at radius 3 is 2.65 bits per heavy atom. The highest BCUT2D eigenvalue weighted by Crippen LogP contribution is 2.27. The number of morpholine rings is 1. The minimum atomic E-state index is -0.858. The average molecular weight is 487 g/mol. The van der Waals surface area contributed by atoms with Crippen LogP contribution in [0.2, 0.25) is 5.02 Å². The number of esters is 1. The summed E-state index contributed by atoms with van der Waals surface area (Å²) in [6, 6.07) is 8.76. The zero-order chi connectivity index (χ0) is 24.1. The molecule has 1 aliphatic heterocycles. The van der Waals surface area contributed by atoms with Gasteiger partial charge in [0.1, 0.15) is 12.7 Å². The van der Waals surface area contributed by atoms with Crippen LogP contribution in [0.3, 0.4) is 0 Å². The van der Waals surface area contributed by atoms with E-state index in [0.29, 0.717) is 48.4 Å². The number of anilines is 2. The number of aromatic nitrogens is 3. The summed E-state index contributed by atoms with van der Waals surface area (Å²) in [5.41, 5.74) is 1.06.